The molecule has 1 aliphatic rings. The summed E-state index contributed by atoms with van der Waals surface area (Å²) >= 11 is 5.93. The Morgan fingerprint density at radius 2 is 2.05 bits per heavy atom. The van der Waals surface area contributed by atoms with Crippen LogP contribution in [0.4, 0.5) is 11.4 Å². The summed E-state index contributed by atoms with van der Waals surface area (Å²) in [5.41, 5.74) is 6.91. The molecule has 21 heavy (non-hydrogen) atoms. The van der Waals surface area contributed by atoms with Gasteiger partial charge in [0.05, 0.1) is 29.6 Å². The molecule has 2 rings (SSSR count). The Kier molecular flexibility index (Phi) is 5.08. The lowest BCUT2D eigenvalue weighted by molar-refractivity contribution is -0.126. The molecule has 0 radical (unpaired) electrons. The number of nitrogens with one attached hydrogen (secondary N) is 1. The predicted molar refractivity (Wildman–Crippen MR) is 85.5 cm³/mol. The molecule has 3 atom stereocenters. The molecular formula is C15H22ClN3O2. The van der Waals surface area contributed by atoms with Crippen molar-refractivity contribution in [3.8, 4) is 0 Å². The van der Waals surface area contributed by atoms with Crippen LogP contribution in [-0.2, 0) is 9.53 Å². The van der Waals surface area contributed by atoms with Gasteiger partial charge in [0.25, 0.3) is 0 Å². The number of anilines is 2. The van der Waals surface area contributed by atoms with Gasteiger partial charge in [-0.2, -0.15) is 0 Å². The Labute approximate surface area is 130 Å². The minimum atomic E-state index is -0.253. The molecule has 0 aromatic heterocycles. The summed E-state index contributed by atoms with van der Waals surface area (Å²) in [7, 11) is 0. The van der Waals surface area contributed by atoms with Crippen LogP contribution in [0, 0.1) is 0 Å². The van der Waals surface area contributed by atoms with Crippen molar-refractivity contribution < 1.29 is 9.53 Å². The second-order valence-electron chi connectivity index (χ2n) is 5.61. The molecule has 0 bridgehead atoms. The maximum atomic E-state index is 12.4. The number of nitrogens with zero attached hydrogens (tertiary/aromatic N) is 1. The molecule has 6 heteroatoms. The standard InChI is InChI=1S/C15H22ClN3O2/c1-9-7-19(8-10(2)21-9)11(3)15(20)18-14-6-12(16)4-5-13(14)17/h4-6,9-11H,7-8,17H2,1-3H3,(H,18,20). The van der Waals surface area contributed by atoms with Gasteiger partial charge >= 0.3 is 0 Å². The normalized spacial score (nSPS) is 24.6. The third kappa shape index (κ3) is 4.09. The molecular weight excluding hydrogens is 290 g/mol. The van der Waals surface area contributed by atoms with Gasteiger partial charge in [-0.1, -0.05) is 11.6 Å². The minimum absolute atomic E-state index is 0.0923. The van der Waals surface area contributed by atoms with E-state index < -0.39 is 0 Å². The monoisotopic (exact) mass is 311 g/mol. The van der Waals surface area contributed by atoms with Crippen LogP contribution in [0.15, 0.2) is 18.2 Å². The number of nitrogen functional groups attached to an aromatic ring is 1. The summed E-state index contributed by atoms with van der Waals surface area (Å²) < 4.78 is 5.69. The number of carbonyl (C=O) groups excluding carboxylic acids is 1. The second-order valence-corrected chi connectivity index (χ2v) is 6.04. The van der Waals surface area contributed by atoms with E-state index in [-0.39, 0.29) is 24.2 Å². The zero-order valence-electron chi connectivity index (χ0n) is 12.6. The average Bonchev–Trinajstić information content (AvgIpc) is 2.41. The van der Waals surface area contributed by atoms with E-state index in [0.29, 0.717) is 16.4 Å². The molecule has 1 aliphatic heterocycles. The smallest absolute Gasteiger partial charge is 0.241 e. The number of morpholine rings is 1. The van der Waals surface area contributed by atoms with Gasteiger partial charge in [-0.25, -0.2) is 0 Å². The summed E-state index contributed by atoms with van der Waals surface area (Å²) in [5.74, 6) is -0.0923. The van der Waals surface area contributed by atoms with Crippen LogP contribution in [0.2, 0.25) is 5.02 Å². The zero-order chi connectivity index (χ0) is 15.6. The van der Waals surface area contributed by atoms with Crippen LogP contribution < -0.4 is 11.1 Å². The van der Waals surface area contributed by atoms with Crippen molar-refractivity contribution in [3.05, 3.63) is 23.2 Å². The van der Waals surface area contributed by atoms with Crippen LogP contribution in [0.5, 0.6) is 0 Å². The molecule has 1 amide bonds. The molecule has 0 aliphatic carbocycles. The van der Waals surface area contributed by atoms with Crippen molar-refractivity contribution in [2.45, 2.75) is 39.0 Å². The minimum Gasteiger partial charge on any atom is -0.397 e. The van der Waals surface area contributed by atoms with Gasteiger partial charge in [-0.15, -0.1) is 0 Å². The first-order valence-electron chi connectivity index (χ1n) is 7.12. The summed E-state index contributed by atoms with van der Waals surface area (Å²) in [5, 5.41) is 3.39. The van der Waals surface area contributed by atoms with E-state index in [1.54, 1.807) is 18.2 Å². The molecule has 1 saturated heterocycles. The lowest BCUT2D eigenvalue weighted by atomic mass is 10.1. The molecule has 1 aromatic carbocycles. The fraction of sp³-hybridized carbons (Fsp3) is 0.533. The summed E-state index contributed by atoms with van der Waals surface area (Å²) in [6, 6.07) is 4.78. The van der Waals surface area contributed by atoms with Gasteiger partial charge in [0.15, 0.2) is 0 Å². The van der Waals surface area contributed by atoms with Gasteiger partial charge in [-0.3, -0.25) is 9.69 Å². The van der Waals surface area contributed by atoms with Gasteiger partial charge in [0.2, 0.25) is 5.91 Å². The van der Waals surface area contributed by atoms with E-state index in [1.165, 1.54) is 0 Å². The topological polar surface area (TPSA) is 67.6 Å². The molecule has 116 valence electrons. The summed E-state index contributed by atoms with van der Waals surface area (Å²) in [4.78, 5) is 14.5. The highest BCUT2D eigenvalue weighted by Gasteiger charge is 2.29. The first-order chi connectivity index (χ1) is 9.86. The Hall–Kier alpha value is -1.30. The van der Waals surface area contributed by atoms with Crippen molar-refractivity contribution >= 4 is 28.9 Å². The molecule has 5 nitrogen and oxygen atoms in total. The van der Waals surface area contributed by atoms with Crippen molar-refractivity contribution in [2.24, 2.45) is 0 Å². The van der Waals surface area contributed by atoms with E-state index in [2.05, 4.69) is 10.2 Å². The lowest BCUT2D eigenvalue weighted by Crippen LogP contribution is -2.52. The van der Waals surface area contributed by atoms with Gasteiger partial charge in [0.1, 0.15) is 0 Å². The van der Waals surface area contributed by atoms with E-state index in [9.17, 15) is 4.79 Å². The van der Waals surface area contributed by atoms with Crippen LogP contribution in [0.1, 0.15) is 20.8 Å². The van der Waals surface area contributed by atoms with Crippen LogP contribution in [-0.4, -0.2) is 42.1 Å². The first kappa shape index (κ1) is 16.1. The molecule has 1 heterocycles. The molecule has 3 unspecified atom stereocenters. The number of ether oxygens (including phenoxy) is 1. The van der Waals surface area contributed by atoms with Crippen molar-refractivity contribution in [3.63, 3.8) is 0 Å². The number of hydrogen-bond acceptors (Lipinski definition) is 4. The van der Waals surface area contributed by atoms with Crippen LogP contribution >= 0.6 is 11.6 Å². The lowest BCUT2D eigenvalue weighted by Gasteiger charge is -2.38. The highest BCUT2D eigenvalue weighted by Crippen LogP contribution is 2.23. The number of hydrogen-bond donors (Lipinski definition) is 2. The molecule has 0 spiro atoms. The average molecular weight is 312 g/mol. The maximum Gasteiger partial charge on any atom is 0.241 e. The third-order valence-electron chi connectivity index (χ3n) is 3.65. The fourth-order valence-corrected chi connectivity index (χ4v) is 2.75. The van der Waals surface area contributed by atoms with Gasteiger partial charge in [-0.05, 0) is 39.0 Å². The Morgan fingerprint density at radius 3 is 2.67 bits per heavy atom. The summed E-state index contributed by atoms with van der Waals surface area (Å²) in [6.07, 6.45) is 0.250. The Bertz CT molecular complexity index is 514. The van der Waals surface area contributed by atoms with E-state index >= 15 is 0 Å². The Balaban J connectivity index is 2.04. The highest BCUT2D eigenvalue weighted by atomic mass is 35.5. The number of carbonyl (C=O) groups is 1. The van der Waals surface area contributed by atoms with Gasteiger partial charge < -0.3 is 15.8 Å². The molecule has 3 N–H and O–H groups in total. The SMILES string of the molecule is CC1CN(C(C)C(=O)Nc2cc(Cl)ccc2N)CC(C)O1. The number of amides is 1. The fourth-order valence-electron chi connectivity index (χ4n) is 2.57. The maximum absolute atomic E-state index is 12.4. The van der Waals surface area contributed by atoms with Crippen molar-refractivity contribution in [1.82, 2.24) is 4.90 Å². The largest absolute Gasteiger partial charge is 0.397 e. The number of nitrogens with two attached hydrogens (primary N) is 1. The van der Waals surface area contributed by atoms with Gasteiger partial charge in [0, 0.05) is 18.1 Å². The molecule has 0 saturated carbocycles. The number of halogens is 1. The zero-order valence-corrected chi connectivity index (χ0v) is 13.4. The quantitative estimate of drug-likeness (QED) is 0.841. The highest BCUT2D eigenvalue weighted by molar-refractivity contribution is 6.31. The van der Waals surface area contributed by atoms with E-state index in [4.69, 9.17) is 22.1 Å². The first-order valence-corrected chi connectivity index (χ1v) is 7.50. The van der Waals surface area contributed by atoms with Crippen LogP contribution in [0.3, 0.4) is 0 Å². The predicted octanol–water partition coefficient (Wildman–Crippen LogP) is 2.36. The van der Waals surface area contributed by atoms with E-state index in [1.807, 2.05) is 20.8 Å². The second kappa shape index (κ2) is 6.64. The van der Waals surface area contributed by atoms with Crippen molar-refractivity contribution in [2.75, 3.05) is 24.1 Å². The summed E-state index contributed by atoms with van der Waals surface area (Å²) in [6.45, 7) is 7.40. The van der Waals surface area contributed by atoms with Crippen molar-refractivity contribution in [1.29, 1.82) is 0 Å². The van der Waals surface area contributed by atoms with Crippen LogP contribution in [0.25, 0.3) is 0 Å². The Morgan fingerprint density at radius 1 is 1.43 bits per heavy atom. The van der Waals surface area contributed by atoms with E-state index in [0.717, 1.165) is 13.1 Å². The third-order valence-corrected chi connectivity index (χ3v) is 3.88. The number of benzene rings is 1. The molecule has 1 fully saturated rings. The molecule has 1 aromatic rings. The number of rotatable bonds is 3.